The molecule has 0 aliphatic carbocycles. The van der Waals surface area contributed by atoms with Gasteiger partial charge in [-0.3, -0.25) is 4.98 Å². The van der Waals surface area contributed by atoms with Crippen molar-refractivity contribution < 1.29 is 5.11 Å². The number of aromatic nitrogens is 1. The van der Waals surface area contributed by atoms with E-state index in [0.29, 0.717) is 10.6 Å². The number of phenolic OH excluding ortho intramolecular Hbond substituents is 1. The number of pyridine rings is 1. The van der Waals surface area contributed by atoms with Crippen LogP contribution in [0.1, 0.15) is 0 Å². The smallest absolute Gasteiger partial charge is 0.123 e. The van der Waals surface area contributed by atoms with Crippen molar-refractivity contribution in [2.24, 2.45) is 0 Å². The molecule has 0 saturated carbocycles. The molecule has 0 bridgehead atoms. The number of para-hydroxylation sites is 1. The summed E-state index contributed by atoms with van der Waals surface area (Å²) in [5.41, 5.74) is 1.44. The van der Waals surface area contributed by atoms with Gasteiger partial charge >= 0.3 is 0 Å². The summed E-state index contributed by atoms with van der Waals surface area (Å²) in [4.78, 5) is 3.97. The summed E-state index contributed by atoms with van der Waals surface area (Å²) in [5.74, 6) is 0.211. The van der Waals surface area contributed by atoms with E-state index in [-0.39, 0.29) is 5.75 Å². The van der Waals surface area contributed by atoms with Gasteiger partial charge in [0.1, 0.15) is 5.75 Å². The van der Waals surface area contributed by atoms with Gasteiger partial charge in [0.2, 0.25) is 0 Å². The van der Waals surface area contributed by atoms with Gasteiger partial charge in [-0.15, -0.1) is 0 Å². The SMILES string of the molecule is Oc1ccccc1-c1cnccc1Cl. The van der Waals surface area contributed by atoms with Gasteiger partial charge in [-0.05, 0) is 12.1 Å². The van der Waals surface area contributed by atoms with Crippen molar-refractivity contribution in [3.05, 3.63) is 47.7 Å². The van der Waals surface area contributed by atoms with Crippen molar-refractivity contribution in [3.63, 3.8) is 0 Å². The molecule has 0 aliphatic heterocycles. The van der Waals surface area contributed by atoms with Crippen molar-refractivity contribution in [2.45, 2.75) is 0 Å². The maximum atomic E-state index is 9.60. The van der Waals surface area contributed by atoms with Gasteiger partial charge in [0.15, 0.2) is 0 Å². The summed E-state index contributed by atoms with van der Waals surface area (Å²) in [6.45, 7) is 0. The molecule has 2 rings (SSSR count). The predicted molar refractivity (Wildman–Crippen MR) is 56.3 cm³/mol. The molecule has 0 radical (unpaired) electrons. The van der Waals surface area contributed by atoms with Crippen LogP contribution in [0.4, 0.5) is 0 Å². The third kappa shape index (κ3) is 1.56. The summed E-state index contributed by atoms with van der Waals surface area (Å²) in [5, 5.41) is 10.2. The van der Waals surface area contributed by atoms with E-state index in [1.54, 1.807) is 36.7 Å². The summed E-state index contributed by atoms with van der Waals surface area (Å²) in [6.07, 6.45) is 3.25. The second-order valence-corrected chi connectivity index (χ2v) is 3.28. The van der Waals surface area contributed by atoms with E-state index in [2.05, 4.69) is 4.98 Å². The van der Waals surface area contributed by atoms with Gasteiger partial charge in [0.25, 0.3) is 0 Å². The van der Waals surface area contributed by atoms with Gasteiger partial charge in [-0.2, -0.15) is 0 Å². The van der Waals surface area contributed by atoms with Crippen molar-refractivity contribution in [1.82, 2.24) is 4.98 Å². The zero-order valence-electron chi connectivity index (χ0n) is 7.31. The Bertz CT molecular complexity index is 413. The molecule has 0 saturated heterocycles. The van der Waals surface area contributed by atoms with Crippen LogP contribution in [-0.2, 0) is 0 Å². The third-order valence-corrected chi connectivity index (χ3v) is 2.29. The average molecular weight is 206 g/mol. The Hall–Kier alpha value is -1.54. The largest absolute Gasteiger partial charge is 0.507 e. The summed E-state index contributed by atoms with van der Waals surface area (Å²) in [7, 11) is 0. The van der Waals surface area contributed by atoms with Crippen LogP contribution >= 0.6 is 11.6 Å². The molecule has 0 amide bonds. The number of hydrogen-bond acceptors (Lipinski definition) is 2. The molecule has 1 heterocycles. The Kier molecular flexibility index (Phi) is 2.37. The fourth-order valence-electron chi connectivity index (χ4n) is 1.28. The number of halogens is 1. The molecule has 70 valence electrons. The highest BCUT2D eigenvalue weighted by Crippen LogP contribution is 2.32. The van der Waals surface area contributed by atoms with E-state index in [9.17, 15) is 5.11 Å². The lowest BCUT2D eigenvalue weighted by molar-refractivity contribution is 0.477. The maximum absolute atomic E-state index is 9.60. The minimum Gasteiger partial charge on any atom is -0.507 e. The van der Waals surface area contributed by atoms with Crippen LogP contribution in [0.2, 0.25) is 5.02 Å². The van der Waals surface area contributed by atoms with E-state index in [0.717, 1.165) is 5.56 Å². The molecule has 3 heteroatoms. The standard InChI is InChI=1S/C11H8ClNO/c12-10-5-6-13-7-9(10)8-3-1-2-4-11(8)14/h1-7,14H. The number of aromatic hydroxyl groups is 1. The number of hydrogen-bond donors (Lipinski definition) is 1. The third-order valence-electron chi connectivity index (χ3n) is 1.96. The van der Waals surface area contributed by atoms with Crippen LogP contribution in [0.5, 0.6) is 5.75 Å². The van der Waals surface area contributed by atoms with E-state index in [4.69, 9.17) is 11.6 Å². The summed E-state index contributed by atoms with van der Waals surface area (Å²) < 4.78 is 0. The number of phenols is 1. The molecular formula is C11H8ClNO. The average Bonchev–Trinajstić information content (AvgIpc) is 2.20. The first-order chi connectivity index (χ1) is 6.79. The van der Waals surface area contributed by atoms with Crippen LogP contribution in [0.15, 0.2) is 42.7 Å². The fourth-order valence-corrected chi connectivity index (χ4v) is 1.48. The lowest BCUT2D eigenvalue weighted by Crippen LogP contribution is -1.81. The van der Waals surface area contributed by atoms with E-state index < -0.39 is 0 Å². The molecule has 0 spiro atoms. The highest BCUT2D eigenvalue weighted by molar-refractivity contribution is 6.33. The Labute approximate surface area is 86.8 Å². The molecule has 0 aliphatic rings. The first kappa shape index (κ1) is 9.03. The van der Waals surface area contributed by atoms with Gasteiger partial charge < -0.3 is 5.11 Å². The number of nitrogens with zero attached hydrogens (tertiary/aromatic N) is 1. The van der Waals surface area contributed by atoms with Crippen LogP contribution in [-0.4, -0.2) is 10.1 Å². The lowest BCUT2D eigenvalue weighted by atomic mass is 10.1. The minimum atomic E-state index is 0.211. The number of benzene rings is 1. The van der Waals surface area contributed by atoms with Gasteiger partial charge in [0, 0.05) is 23.5 Å². The van der Waals surface area contributed by atoms with Gasteiger partial charge in [-0.1, -0.05) is 29.8 Å². The zero-order chi connectivity index (χ0) is 9.97. The molecule has 1 N–H and O–H groups in total. The molecule has 0 atom stereocenters. The molecule has 1 aromatic heterocycles. The molecule has 1 aromatic carbocycles. The van der Waals surface area contributed by atoms with E-state index in [1.807, 2.05) is 6.07 Å². The second-order valence-electron chi connectivity index (χ2n) is 2.87. The molecule has 0 unspecified atom stereocenters. The second kappa shape index (κ2) is 3.68. The van der Waals surface area contributed by atoms with Crippen LogP contribution < -0.4 is 0 Å². The Morgan fingerprint density at radius 3 is 2.57 bits per heavy atom. The zero-order valence-corrected chi connectivity index (χ0v) is 8.07. The highest BCUT2D eigenvalue weighted by atomic mass is 35.5. The van der Waals surface area contributed by atoms with Crippen molar-refractivity contribution >= 4 is 11.6 Å². The monoisotopic (exact) mass is 205 g/mol. The van der Waals surface area contributed by atoms with E-state index >= 15 is 0 Å². The quantitative estimate of drug-likeness (QED) is 0.776. The first-order valence-corrected chi connectivity index (χ1v) is 4.54. The Morgan fingerprint density at radius 2 is 1.86 bits per heavy atom. The Morgan fingerprint density at radius 1 is 1.07 bits per heavy atom. The summed E-state index contributed by atoms with van der Waals surface area (Å²) in [6, 6.07) is 8.74. The highest BCUT2D eigenvalue weighted by Gasteiger charge is 2.06. The van der Waals surface area contributed by atoms with Crippen molar-refractivity contribution in [2.75, 3.05) is 0 Å². The molecule has 2 nitrogen and oxygen atoms in total. The van der Waals surface area contributed by atoms with Crippen LogP contribution in [0.3, 0.4) is 0 Å². The first-order valence-electron chi connectivity index (χ1n) is 4.17. The maximum Gasteiger partial charge on any atom is 0.123 e. The van der Waals surface area contributed by atoms with Gasteiger partial charge in [0.05, 0.1) is 5.02 Å². The summed E-state index contributed by atoms with van der Waals surface area (Å²) >= 11 is 5.98. The minimum absolute atomic E-state index is 0.211. The van der Waals surface area contributed by atoms with Crippen molar-refractivity contribution in [1.29, 1.82) is 0 Å². The van der Waals surface area contributed by atoms with Crippen LogP contribution in [0.25, 0.3) is 11.1 Å². The van der Waals surface area contributed by atoms with Gasteiger partial charge in [-0.25, -0.2) is 0 Å². The lowest BCUT2D eigenvalue weighted by Gasteiger charge is -2.04. The Balaban J connectivity index is 2.61. The van der Waals surface area contributed by atoms with Crippen LogP contribution in [0, 0.1) is 0 Å². The predicted octanol–water partition coefficient (Wildman–Crippen LogP) is 3.11. The molecule has 2 aromatic rings. The molecule has 14 heavy (non-hydrogen) atoms. The van der Waals surface area contributed by atoms with Crippen molar-refractivity contribution in [3.8, 4) is 16.9 Å². The molecular weight excluding hydrogens is 198 g/mol. The number of rotatable bonds is 1. The molecule has 0 fully saturated rings. The van der Waals surface area contributed by atoms with E-state index in [1.165, 1.54) is 0 Å². The normalized spacial score (nSPS) is 10.1. The topological polar surface area (TPSA) is 33.1 Å². The fraction of sp³-hybridized carbons (Fsp3) is 0.